The van der Waals surface area contributed by atoms with Crippen molar-refractivity contribution in [3.05, 3.63) is 117 Å². The Morgan fingerprint density at radius 1 is 1.03 bits per heavy atom. The molecule has 0 aliphatic heterocycles. The van der Waals surface area contributed by atoms with E-state index in [0.717, 1.165) is 16.3 Å². The minimum atomic E-state index is -0.602. The fourth-order valence-electron chi connectivity index (χ4n) is 3.47. The van der Waals surface area contributed by atoms with Crippen LogP contribution in [0.3, 0.4) is 0 Å². The quantitative estimate of drug-likeness (QED) is 0.139. The Morgan fingerprint density at radius 3 is 2.46 bits per heavy atom. The van der Waals surface area contributed by atoms with Gasteiger partial charge in [-0.2, -0.15) is 5.26 Å². The monoisotopic (exact) mass is 483 g/mol. The number of carbonyl (C=O) groups excluding carboxylic acids is 1. The second-order valence-electron chi connectivity index (χ2n) is 7.51. The van der Waals surface area contributed by atoms with Gasteiger partial charge in [0.25, 0.3) is 11.6 Å². The number of nitrogens with one attached hydrogen (secondary N) is 1. The third-order valence-corrected chi connectivity index (χ3v) is 5.58. The zero-order valence-electron chi connectivity index (χ0n) is 18.3. The average Bonchev–Trinajstić information content (AvgIpc) is 2.87. The highest BCUT2D eigenvalue weighted by molar-refractivity contribution is 6.34. The molecule has 0 unspecified atom stereocenters. The summed E-state index contributed by atoms with van der Waals surface area (Å²) in [7, 11) is 0. The number of nitro groups is 1. The number of halogens is 1. The lowest BCUT2D eigenvalue weighted by molar-refractivity contribution is -0.384. The number of para-hydroxylation sites is 1. The minimum absolute atomic E-state index is 0.00808. The van der Waals surface area contributed by atoms with E-state index >= 15 is 0 Å². The van der Waals surface area contributed by atoms with Crippen molar-refractivity contribution in [1.29, 1.82) is 5.26 Å². The molecule has 0 fully saturated rings. The van der Waals surface area contributed by atoms with Gasteiger partial charge in [-0.1, -0.05) is 54.1 Å². The summed E-state index contributed by atoms with van der Waals surface area (Å²) >= 11 is 6.13. The second kappa shape index (κ2) is 10.5. The van der Waals surface area contributed by atoms with Crippen molar-refractivity contribution < 1.29 is 14.5 Å². The van der Waals surface area contributed by atoms with Gasteiger partial charge in [0.2, 0.25) is 0 Å². The summed E-state index contributed by atoms with van der Waals surface area (Å²) in [4.78, 5) is 23.3. The number of carbonyl (C=O) groups is 1. The molecule has 0 radical (unpaired) electrons. The highest BCUT2D eigenvalue weighted by Gasteiger charge is 2.15. The van der Waals surface area contributed by atoms with E-state index in [1.807, 2.05) is 36.4 Å². The van der Waals surface area contributed by atoms with Crippen molar-refractivity contribution >= 4 is 45.7 Å². The summed E-state index contributed by atoms with van der Waals surface area (Å²) in [6.07, 6.45) is 1.49. The molecule has 7 nitrogen and oxygen atoms in total. The summed E-state index contributed by atoms with van der Waals surface area (Å²) in [5.41, 5.74) is 1.56. The number of nitrogens with zero attached hydrogens (tertiary/aromatic N) is 2. The highest BCUT2D eigenvalue weighted by atomic mass is 35.5. The van der Waals surface area contributed by atoms with E-state index in [1.54, 1.807) is 42.5 Å². The normalized spacial score (nSPS) is 11.0. The molecule has 1 amide bonds. The van der Waals surface area contributed by atoms with Crippen molar-refractivity contribution in [3.8, 4) is 11.8 Å². The van der Waals surface area contributed by atoms with Gasteiger partial charge in [-0.25, -0.2) is 0 Å². The molecule has 172 valence electrons. The van der Waals surface area contributed by atoms with Crippen LogP contribution in [-0.4, -0.2) is 10.8 Å². The summed E-state index contributed by atoms with van der Waals surface area (Å²) in [6, 6.07) is 26.0. The lowest BCUT2D eigenvalue weighted by atomic mass is 10.0. The molecule has 0 bridgehead atoms. The largest absolute Gasteiger partial charge is 0.488 e. The van der Waals surface area contributed by atoms with Gasteiger partial charge >= 0.3 is 0 Å². The number of hydrogen-bond donors (Lipinski definition) is 1. The molecule has 0 atom stereocenters. The van der Waals surface area contributed by atoms with E-state index in [-0.39, 0.29) is 17.9 Å². The zero-order valence-corrected chi connectivity index (χ0v) is 19.0. The van der Waals surface area contributed by atoms with Crippen LogP contribution in [0.4, 0.5) is 11.4 Å². The van der Waals surface area contributed by atoms with Crippen molar-refractivity contribution in [2.24, 2.45) is 0 Å². The van der Waals surface area contributed by atoms with E-state index in [9.17, 15) is 20.2 Å². The number of ether oxygens (including phenoxy) is 1. The number of non-ortho nitro benzene ring substituents is 1. The lowest BCUT2D eigenvalue weighted by Gasteiger charge is -2.13. The Kier molecular flexibility index (Phi) is 7.05. The first-order valence-electron chi connectivity index (χ1n) is 10.5. The Hall–Kier alpha value is -4.67. The maximum atomic E-state index is 12.9. The molecule has 35 heavy (non-hydrogen) atoms. The fourth-order valence-corrected chi connectivity index (χ4v) is 3.65. The Bertz CT molecular complexity index is 1490. The third kappa shape index (κ3) is 5.46. The zero-order chi connectivity index (χ0) is 24.8. The lowest BCUT2D eigenvalue weighted by Crippen LogP contribution is -2.13. The Labute approximate surface area is 206 Å². The standard InChI is InChI=1S/C27H18ClN3O4/c28-24-7-3-4-8-25(24)30-27(32)20(16-29)15-23-22-6-2-1-5-19(22)11-14-26(23)35-17-18-9-12-21(13-10-18)31(33)34/h1-15H,17H2,(H,30,32). The number of hydrogen-bond acceptors (Lipinski definition) is 5. The van der Waals surface area contributed by atoms with Crippen LogP contribution in [0, 0.1) is 21.4 Å². The summed E-state index contributed by atoms with van der Waals surface area (Å²) in [5, 5.41) is 25.3. The van der Waals surface area contributed by atoms with Crippen LogP contribution in [0.5, 0.6) is 5.75 Å². The first-order chi connectivity index (χ1) is 17.0. The van der Waals surface area contributed by atoms with Crippen LogP contribution in [-0.2, 0) is 11.4 Å². The molecule has 1 N–H and O–H groups in total. The van der Waals surface area contributed by atoms with Crippen molar-refractivity contribution in [3.63, 3.8) is 0 Å². The van der Waals surface area contributed by atoms with Gasteiger partial charge in [-0.3, -0.25) is 14.9 Å². The number of amides is 1. The molecular weight excluding hydrogens is 466 g/mol. The predicted molar refractivity (Wildman–Crippen MR) is 135 cm³/mol. The van der Waals surface area contributed by atoms with E-state index in [1.165, 1.54) is 18.2 Å². The van der Waals surface area contributed by atoms with Crippen molar-refractivity contribution in [1.82, 2.24) is 0 Å². The van der Waals surface area contributed by atoms with Crippen molar-refractivity contribution in [2.75, 3.05) is 5.32 Å². The summed E-state index contributed by atoms with van der Waals surface area (Å²) in [5.74, 6) is -0.143. The molecule has 0 heterocycles. The summed E-state index contributed by atoms with van der Waals surface area (Å²) < 4.78 is 6.02. The number of nitro benzene ring substituents is 1. The van der Waals surface area contributed by atoms with Gasteiger partial charge < -0.3 is 10.1 Å². The van der Waals surface area contributed by atoms with Crippen LogP contribution in [0.1, 0.15) is 11.1 Å². The van der Waals surface area contributed by atoms with Crippen LogP contribution in [0.15, 0.2) is 90.5 Å². The SMILES string of the molecule is N#CC(=Cc1c(OCc2ccc([N+](=O)[O-])cc2)ccc2ccccc12)C(=O)Nc1ccccc1Cl. The molecule has 0 aliphatic rings. The summed E-state index contributed by atoms with van der Waals surface area (Å²) in [6.45, 7) is 0.144. The van der Waals surface area contributed by atoms with Gasteiger partial charge in [0.1, 0.15) is 24.0 Å². The van der Waals surface area contributed by atoms with Crippen LogP contribution < -0.4 is 10.1 Å². The molecular formula is C27H18ClN3O4. The van der Waals surface area contributed by atoms with Crippen molar-refractivity contribution in [2.45, 2.75) is 6.61 Å². The van der Waals surface area contributed by atoms with Gasteiger partial charge in [0.05, 0.1) is 15.6 Å². The van der Waals surface area contributed by atoms with E-state index in [2.05, 4.69) is 5.32 Å². The number of rotatable bonds is 7. The van der Waals surface area contributed by atoms with E-state index < -0.39 is 10.8 Å². The van der Waals surface area contributed by atoms with Gasteiger partial charge in [-0.05, 0) is 52.7 Å². The van der Waals surface area contributed by atoms with E-state index in [4.69, 9.17) is 16.3 Å². The first-order valence-corrected chi connectivity index (χ1v) is 10.9. The van der Waals surface area contributed by atoms with Crippen LogP contribution >= 0.6 is 11.6 Å². The molecule has 0 aliphatic carbocycles. The molecule has 8 heteroatoms. The topological polar surface area (TPSA) is 105 Å². The number of fused-ring (bicyclic) bond motifs is 1. The van der Waals surface area contributed by atoms with Crippen LogP contribution in [0.2, 0.25) is 5.02 Å². The van der Waals surface area contributed by atoms with Gasteiger partial charge in [-0.15, -0.1) is 0 Å². The molecule has 0 aromatic heterocycles. The van der Waals surface area contributed by atoms with Gasteiger partial charge in [0, 0.05) is 17.7 Å². The molecule has 4 rings (SSSR count). The molecule has 4 aromatic rings. The number of benzene rings is 4. The molecule has 4 aromatic carbocycles. The fraction of sp³-hybridized carbons (Fsp3) is 0.0370. The minimum Gasteiger partial charge on any atom is -0.488 e. The predicted octanol–water partition coefficient (Wildman–Crippen LogP) is 6.53. The van der Waals surface area contributed by atoms with Crippen LogP contribution in [0.25, 0.3) is 16.8 Å². The molecule has 0 spiro atoms. The highest BCUT2D eigenvalue weighted by Crippen LogP contribution is 2.31. The van der Waals surface area contributed by atoms with Gasteiger partial charge in [0.15, 0.2) is 0 Å². The second-order valence-corrected chi connectivity index (χ2v) is 7.92. The third-order valence-electron chi connectivity index (χ3n) is 5.25. The number of nitriles is 1. The maximum Gasteiger partial charge on any atom is 0.269 e. The Morgan fingerprint density at radius 2 is 1.74 bits per heavy atom. The first kappa shape index (κ1) is 23.5. The number of anilines is 1. The Balaban J connectivity index is 1.68. The maximum absolute atomic E-state index is 12.9. The van der Waals surface area contributed by atoms with E-state index in [0.29, 0.717) is 22.0 Å². The average molecular weight is 484 g/mol. The molecule has 0 saturated heterocycles. The molecule has 0 saturated carbocycles. The smallest absolute Gasteiger partial charge is 0.269 e.